The molecule has 1 saturated heterocycles. The van der Waals surface area contributed by atoms with Crippen molar-refractivity contribution in [3.05, 3.63) is 87.7 Å². The van der Waals surface area contributed by atoms with Gasteiger partial charge in [0.2, 0.25) is 0 Å². The molecule has 8 nitrogen and oxygen atoms in total. The molecule has 158 valence electrons. The van der Waals surface area contributed by atoms with E-state index in [1.807, 2.05) is 12.2 Å². The fraction of sp³-hybridized carbons (Fsp3) is 0.227. The Morgan fingerprint density at radius 2 is 1.71 bits per heavy atom. The van der Waals surface area contributed by atoms with Gasteiger partial charge in [-0.3, -0.25) is 24.5 Å². The van der Waals surface area contributed by atoms with Gasteiger partial charge in [-0.05, 0) is 25.0 Å². The molecule has 0 unspecified atom stereocenters. The van der Waals surface area contributed by atoms with Crippen LogP contribution in [0.15, 0.2) is 60.7 Å². The number of amides is 3. The number of rotatable bonds is 5. The number of hydrogen-bond acceptors (Lipinski definition) is 5. The number of hydrazine groups is 1. The molecule has 2 aliphatic rings. The maximum Gasteiger partial charge on any atom is 0.273 e. The molecule has 1 aliphatic carbocycles. The zero-order valence-corrected chi connectivity index (χ0v) is 16.3. The van der Waals surface area contributed by atoms with E-state index in [-0.39, 0.29) is 23.4 Å². The highest BCUT2D eigenvalue weighted by atomic mass is 19.1. The number of nitro groups is 1. The third kappa shape index (κ3) is 3.70. The summed E-state index contributed by atoms with van der Waals surface area (Å²) in [5.41, 5.74) is -0.289. The number of carbonyl (C=O) groups excluding carboxylic acids is 3. The highest BCUT2D eigenvalue weighted by Crippen LogP contribution is 2.36. The summed E-state index contributed by atoms with van der Waals surface area (Å²) in [7, 11) is 0. The minimum Gasteiger partial charge on any atom is -0.272 e. The Labute approximate surface area is 176 Å². The van der Waals surface area contributed by atoms with Gasteiger partial charge < -0.3 is 0 Å². The third-order valence-electron chi connectivity index (χ3n) is 5.54. The highest BCUT2D eigenvalue weighted by molar-refractivity contribution is 6.08. The van der Waals surface area contributed by atoms with Crippen LogP contribution in [0.1, 0.15) is 28.8 Å². The van der Waals surface area contributed by atoms with Gasteiger partial charge in [-0.2, -0.15) is 5.01 Å². The van der Waals surface area contributed by atoms with Crippen LogP contribution in [0.25, 0.3) is 0 Å². The molecule has 3 amide bonds. The van der Waals surface area contributed by atoms with E-state index in [0.29, 0.717) is 12.8 Å². The van der Waals surface area contributed by atoms with Crippen molar-refractivity contribution in [3.63, 3.8) is 0 Å². The minimum absolute atomic E-state index is 0.0841. The molecule has 0 bridgehead atoms. The number of hydrogen-bond donors (Lipinski definition) is 0. The second-order valence-electron chi connectivity index (χ2n) is 7.41. The molecule has 4 rings (SSSR count). The van der Waals surface area contributed by atoms with Crippen LogP contribution in [0.5, 0.6) is 0 Å². The number of allylic oxidation sites excluding steroid dienone is 2. The summed E-state index contributed by atoms with van der Waals surface area (Å²) in [6.45, 7) is -0.376. The van der Waals surface area contributed by atoms with Gasteiger partial charge in [-0.25, -0.2) is 9.40 Å². The van der Waals surface area contributed by atoms with E-state index in [4.69, 9.17) is 0 Å². The summed E-state index contributed by atoms with van der Waals surface area (Å²) in [6.07, 6.45) is 4.40. The van der Waals surface area contributed by atoms with Gasteiger partial charge in [0, 0.05) is 23.3 Å². The molecule has 0 radical (unpaired) electrons. The average molecular weight is 423 g/mol. The number of benzene rings is 2. The van der Waals surface area contributed by atoms with Gasteiger partial charge >= 0.3 is 0 Å². The topological polar surface area (TPSA) is 101 Å². The van der Waals surface area contributed by atoms with Crippen LogP contribution in [0, 0.1) is 27.8 Å². The lowest BCUT2D eigenvalue weighted by Gasteiger charge is -2.30. The van der Waals surface area contributed by atoms with Gasteiger partial charge in [0.05, 0.1) is 23.3 Å². The monoisotopic (exact) mass is 423 g/mol. The van der Waals surface area contributed by atoms with Crippen LogP contribution in [0.3, 0.4) is 0 Å². The smallest absolute Gasteiger partial charge is 0.272 e. The number of nitrogens with zero attached hydrogens (tertiary/aromatic N) is 3. The molecule has 0 N–H and O–H groups in total. The first-order valence-corrected chi connectivity index (χ1v) is 9.71. The molecule has 1 fully saturated rings. The summed E-state index contributed by atoms with van der Waals surface area (Å²) in [5, 5.41) is 12.8. The van der Waals surface area contributed by atoms with Crippen LogP contribution >= 0.6 is 0 Å². The van der Waals surface area contributed by atoms with Gasteiger partial charge in [-0.15, -0.1) is 0 Å². The number of fused-ring (bicyclic) bond motifs is 1. The Hall–Kier alpha value is -3.88. The normalized spacial score (nSPS) is 20.0. The SMILES string of the molecule is O=C(c1cccc([N+](=O)[O-])c1)N(Cc1ccccc1F)N1C(=O)[C@@H]2CC=CC[C@H]2C1=O. The van der Waals surface area contributed by atoms with E-state index in [1.54, 1.807) is 6.07 Å². The molecule has 0 spiro atoms. The second-order valence-corrected chi connectivity index (χ2v) is 7.41. The zero-order valence-electron chi connectivity index (χ0n) is 16.3. The van der Waals surface area contributed by atoms with Crippen LogP contribution < -0.4 is 0 Å². The van der Waals surface area contributed by atoms with Gasteiger partial charge in [0.25, 0.3) is 23.4 Å². The summed E-state index contributed by atoms with van der Waals surface area (Å²) >= 11 is 0. The largest absolute Gasteiger partial charge is 0.273 e. The zero-order chi connectivity index (χ0) is 22.1. The lowest BCUT2D eigenvalue weighted by Crippen LogP contribution is -2.50. The molecule has 31 heavy (non-hydrogen) atoms. The molecule has 0 aromatic heterocycles. The number of nitro benzene ring substituents is 1. The van der Waals surface area contributed by atoms with E-state index in [9.17, 15) is 28.9 Å². The summed E-state index contributed by atoms with van der Waals surface area (Å²) in [6, 6.07) is 10.7. The van der Waals surface area contributed by atoms with Crippen molar-refractivity contribution in [2.24, 2.45) is 11.8 Å². The van der Waals surface area contributed by atoms with Crippen LogP contribution in [0.2, 0.25) is 0 Å². The third-order valence-corrected chi connectivity index (χ3v) is 5.54. The minimum atomic E-state index is -0.805. The fourth-order valence-corrected chi connectivity index (χ4v) is 3.94. The van der Waals surface area contributed by atoms with E-state index in [2.05, 4.69) is 0 Å². The van der Waals surface area contributed by atoms with Gasteiger partial charge in [0.1, 0.15) is 5.82 Å². The Balaban J connectivity index is 1.75. The fourth-order valence-electron chi connectivity index (χ4n) is 3.94. The van der Waals surface area contributed by atoms with E-state index < -0.39 is 40.3 Å². The molecular formula is C22H18FN3O5. The molecule has 2 aromatic rings. The van der Waals surface area contributed by atoms with Crippen molar-refractivity contribution in [2.75, 3.05) is 0 Å². The van der Waals surface area contributed by atoms with Gasteiger partial charge in [-0.1, -0.05) is 36.4 Å². The Kier molecular flexibility index (Phi) is 5.33. The first kappa shape index (κ1) is 20.4. The van der Waals surface area contributed by atoms with Crippen molar-refractivity contribution in [3.8, 4) is 0 Å². The van der Waals surface area contributed by atoms with E-state index in [0.717, 1.165) is 16.1 Å². The van der Waals surface area contributed by atoms with Crippen LogP contribution in [0.4, 0.5) is 10.1 Å². The predicted molar refractivity (Wildman–Crippen MR) is 107 cm³/mol. The Morgan fingerprint density at radius 1 is 1.06 bits per heavy atom. The molecule has 2 atom stereocenters. The molecule has 1 heterocycles. The van der Waals surface area contributed by atoms with Crippen LogP contribution in [-0.4, -0.2) is 32.7 Å². The lowest BCUT2D eigenvalue weighted by atomic mass is 9.85. The van der Waals surface area contributed by atoms with Gasteiger partial charge in [0.15, 0.2) is 0 Å². The van der Waals surface area contributed by atoms with E-state index in [1.165, 1.54) is 36.4 Å². The molecule has 9 heteroatoms. The molecular weight excluding hydrogens is 405 g/mol. The standard InChI is InChI=1S/C22H18FN3O5/c23-19-11-4-1-6-15(19)13-24(20(27)14-7-5-8-16(12-14)26(30)31)25-21(28)17-9-2-3-10-18(17)22(25)29/h1-8,11-12,17-18H,9-10,13H2/t17-,18-/m1/s1. The molecule has 2 aromatic carbocycles. The first-order chi connectivity index (χ1) is 14.9. The van der Waals surface area contributed by atoms with Crippen molar-refractivity contribution in [1.29, 1.82) is 0 Å². The quantitative estimate of drug-likeness (QED) is 0.318. The number of imide groups is 1. The van der Waals surface area contributed by atoms with E-state index >= 15 is 0 Å². The summed E-state index contributed by atoms with van der Waals surface area (Å²) in [5.74, 6) is -3.64. The summed E-state index contributed by atoms with van der Waals surface area (Å²) in [4.78, 5) is 49.9. The number of halogens is 1. The highest BCUT2D eigenvalue weighted by Gasteiger charge is 2.51. The maximum atomic E-state index is 14.3. The molecule has 1 aliphatic heterocycles. The average Bonchev–Trinajstić information content (AvgIpc) is 3.03. The lowest BCUT2D eigenvalue weighted by molar-refractivity contribution is -0.384. The maximum absolute atomic E-state index is 14.3. The molecule has 0 saturated carbocycles. The predicted octanol–water partition coefficient (Wildman–Crippen LogP) is 3.24. The van der Waals surface area contributed by atoms with Crippen LogP contribution in [-0.2, 0) is 16.1 Å². The van der Waals surface area contributed by atoms with Crippen molar-refractivity contribution in [1.82, 2.24) is 10.0 Å². The number of carbonyl (C=O) groups is 3. The van der Waals surface area contributed by atoms with Crippen molar-refractivity contribution in [2.45, 2.75) is 19.4 Å². The number of non-ortho nitro benzene ring substituents is 1. The Bertz CT molecular complexity index is 1090. The summed E-state index contributed by atoms with van der Waals surface area (Å²) < 4.78 is 14.3. The first-order valence-electron chi connectivity index (χ1n) is 9.71. The van der Waals surface area contributed by atoms with Crippen molar-refractivity contribution >= 4 is 23.4 Å². The van der Waals surface area contributed by atoms with Crippen molar-refractivity contribution < 1.29 is 23.7 Å². The second kappa shape index (κ2) is 8.10. The Morgan fingerprint density at radius 3 is 2.32 bits per heavy atom.